The zero-order valence-electron chi connectivity index (χ0n) is 20.4. The van der Waals surface area contributed by atoms with E-state index < -0.39 is 0 Å². The van der Waals surface area contributed by atoms with Gasteiger partial charge in [0.15, 0.2) is 0 Å². The van der Waals surface area contributed by atoms with Crippen LogP contribution in [0.25, 0.3) is 11.1 Å². The molecule has 1 aliphatic carbocycles. The third-order valence-corrected chi connectivity index (χ3v) is 6.87. The molecule has 0 saturated heterocycles. The van der Waals surface area contributed by atoms with E-state index in [1.807, 2.05) is 6.20 Å². The van der Waals surface area contributed by atoms with Crippen molar-refractivity contribution in [3.63, 3.8) is 0 Å². The molecule has 1 aliphatic rings. The quantitative estimate of drug-likeness (QED) is 0.302. The summed E-state index contributed by atoms with van der Waals surface area (Å²) in [6.45, 7) is 7.80. The van der Waals surface area contributed by atoms with Crippen molar-refractivity contribution in [1.29, 1.82) is 0 Å². The second-order valence-electron chi connectivity index (χ2n) is 9.41. The van der Waals surface area contributed by atoms with Crippen LogP contribution in [0.3, 0.4) is 0 Å². The molecular formula is C28H42N2O2. The topological polar surface area (TPSA) is 44.2 Å². The summed E-state index contributed by atoms with van der Waals surface area (Å²) in [5.41, 5.74) is 3.80. The van der Waals surface area contributed by atoms with Crippen LogP contribution in [-0.4, -0.2) is 29.5 Å². The molecule has 32 heavy (non-hydrogen) atoms. The highest BCUT2D eigenvalue weighted by molar-refractivity contribution is 5.69. The lowest BCUT2D eigenvalue weighted by Crippen LogP contribution is -2.15. The summed E-state index contributed by atoms with van der Waals surface area (Å²) in [6.07, 6.45) is 17.0. The molecule has 4 nitrogen and oxygen atoms in total. The Labute approximate surface area is 195 Å². The largest absolute Gasteiger partial charge is 0.491 e. The Bertz CT molecular complexity index is 772. The Balaban J connectivity index is 1.64. The van der Waals surface area contributed by atoms with Crippen molar-refractivity contribution in [3.8, 4) is 16.9 Å². The second-order valence-corrected chi connectivity index (χ2v) is 9.41. The van der Waals surface area contributed by atoms with Gasteiger partial charge in [0, 0.05) is 5.56 Å². The van der Waals surface area contributed by atoms with Gasteiger partial charge in [0.25, 0.3) is 0 Å². The smallest absolute Gasteiger partial charge is 0.120 e. The first-order chi connectivity index (χ1) is 15.7. The Kier molecular flexibility index (Phi) is 10.5. The molecule has 176 valence electrons. The number of benzene rings is 1. The van der Waals surface area contributed by atoms with E-state index in [1.165, 1.54) is 62.5 Å². The van der Waals surface area contributed by atoms with E-state index in [0.29, 0.717) is 25.2 Å². The molecule has 0 amide bonds. The van der Waals surface area contributed by atoms with Crippen LogP contribution >= 0.6 is 0 Å². The minimum absolute atomic E-state index is 0.293. The highest BCUT2D eigenvalue weighted by atomic mass is 16.5. The summed E-state index contributed by atoms with van der Waals surface area (Å²) in [4.78, 5) is 0. The van der Waals surface area contributed by atoms with Crippen LogP contribution < -0.4 is 4.74 Å². The molecule has 3 rings (SSSR count). The minimum atomic E-state index is 0.293. The number of hydrogen-bond donors (Lipinski definition) is 0. The molecule has 1 atom stereocenters. The summed E-state index contributed by atoms with van der Waals surface area (Å²) in [6, 6.07) is 8.67. The lowest BCUT2D eigenvalue weighted by molar-refractivity contribution is 0.0395. The van der Waals surface area contributed by atoms with Crippen LogP contribution in [0.1, 0.15) is 96.5 Å². The molecule has 1 aromatic carbocycles. The number of nitrogens with zero attached hydrogens (tertiary/aromatic N) is 2. The van der Waals surface area contributed by atoms with E-state index in [-0.39, 0.29) is 0 Å². The maximum atomic E-state index is 6.05. The first kappa shape index (κ1) is 24.7. The van der Waals surface area contributed by atoms with Gasteiger partial charge in [-0.2, -0.15) is 10.2 Å². The molecule has 0 aliphatic heterocycles. The summed E-state index contributed by atoms with van der Waals surface area (Å²) in [7, 11) is 0. The zero-order valence-corrected chi connectivity index (χ0v) is 20.4. The van der Waals surface area contributed by atoms with Crippen molar-refractivity contribution in [1.82, 2.24) is 10.2 Å². The molecule has 1 aromatic heterocycles. The molecule has 1 heterocycles. The molecule has 0 radical (unpaired) electrons. The first-order valence-electron chi connectivity index (χ1n) is 12.9. The fraction of sp³-hybridized carbons (Fsp3) is 0.643. The monoisotopic (exact) mass is 438 g/mol. The Hall–Kier alpha value is -1.94. The highest BCUT2D eigenvalue weighted by Gasteiger charge is 2.24. The third kappa shape index (κ3) is 7.58. The van der Waals surface area contributed by atoms with Gasteiger partial charge in [0.05, 0.1) is 25.1 Å². The van der Waals surface area contributed by atoms with Crippen molar-refractivity contribution in [2.45, 2.75) is 97.0 Å². The van der Waals surface area contributed by atoms with Crippen LogP contribution in [0.4, 0.5) is 0 Å². The molecule has 4 heteroatoms. The Morgan fingerprint density at radius 3 is 2.53 bits per heavy atom. The van der Waals surface area contributed by atoms with E-state index in [0.717, 1.165) is 30.1 Å². The Morgan fingerprint density at radius 2 is 1.81 bits per heavy atom. The van der Waals surface area contributed by atoms with E-state index in [4.69, 9.17) is 9.47 Å². The standard InChI is InChI=1S/C28H42N2O2/c1-4-6-7-9-23-10-12-24(13-11-23)27-15-14-26(32-19-18-31-22(3)8-5-2)20-28(27)25-16-17-29-30-21-25/h14-17,20-24H,4-13,18-19H2,1-3H3/t22-,23?,24?/m0/s1. The lowest BCUT2D eigenvalue weighted by Gasteiger charge is -2.30. The third-order valence-electron chi connectivity index (χ3n) is 6.87. The molecule has 1 saturated carbocycles. The van der Waals surface area contributed by atoms with Crippen LogP contribution in [0.15, 0.2) is 36.7 Å². The average Bonchev–Trinajstić information content (AvgIpc) is 2.83. The minimum Gasteiger partial charge on any atom is -0.491 e. The molecule has 0 bridgehead atoms. The molecule has 1 fully saturated rings. The van der Waals surface area contributed by atoms with Gasteiger partial charge in [-0.25, -0.2) is 0 Å². The average molecular weight is 439 g/mol. The molecule has 0 unspecified atom stereocenters. The van der Waals surface area contributed by atoms with Crippen molar-refractivity contribution >= 4 is 0 Å². The maximum absolute atomic E-state index is 6.05. The lowest BCUT2D eigenvalue weighted by atomic mass is 9.75. The van der Waals surface area contributed by atoms with Gasteiger partial charge in [0.1, 0.15) is 12.4 Å². The van der Waals surface area contributed by atoms with Gasteiger partial charge in [-0.05, 0) is 80.2 Å². The van der Waals surface area contributed by atoms with Crippen LogP contribution in [0.2, 0.25) is 0 Å². The zero-order chi connectivity index (χ0) is 22.6. The molecule has 2 aromatic rings. The van der Waals surface area contributed by atoms with Gasteiger partial charge in [-0.1, -0.05) is 52.0 Å². The van der Waals surface area contributed by atoms with Gasteiger partial charge in [-0.15, -0.1) is 0 Å². The van der Waals surface area contributed by atoms with Gasteiger partial charge in [-0.3, -0.25) is 0 Å². The van der Waals surface area contributed by atoms with E-state index >= 15 is 0 Å². The normalized spacial score (nSPS) is 19.6. The van der Waals surface area contributed by atoms with Gasteiger partial charge >= 0.3 is 0 Å². The van der Waals surface area contributed by atoms with E-state index in [2.05, 4.69) is 55.2 Å². The van der Waals surface area contributed by atoms with Crippen LogP contribution in [0.5, 0.6) is 5.75 Å². The van der Waals surface area contributed by atoms with Crippen molar-refractivity contribution < 1.29 is 9.47 Å². The van der Waals surface area contributed by atoms with Gasteiger partial charge in [0.2, 0.25) is 0 Å². The number of aromatic nitrogens is 2. The van der Waals surface area contributed by atoms with E-state index in [9.17, 15) is 0 Å². The fourth-order valence-electron chi connectivity index (χ4n) is 5.03. The van der Waals surface area contributed by atoms with Crippen molar-refractivity contribution in [2.75, 3.05) is 13.2 Å². The second kappa shape index (κ2) is 13.6. The first-order valence-corrected chi connectivity index (χ1v) is 12.9. The maximum Gasteiger partial charge on any atom is 0.120 e. The predicted molar refractivity (Wildman–Crippen MR) is 132 cm³/mol. The molecule has 0 spiro atoms. The van der Waals surface area contributed by atoms with Gasteiger partial charge < -0.3 is 9.47 Å². The molecular weight excluding hydrogens is 396 g/mol. The Morgan fingerprint density at radius 1 is 0.969 bits per heavy atom. The SMILES string of the molecule is CCCCCC1CCC(c2ccc(OCCO[C@@H](C)CCC)cc2-c2ccnnc2)CC1. The summed E-state index contributed by atoms with van der Waals surface area (Å²) in [5, 5.41) is 8.11. The summed E-state index contributed by atoms with van der Waals surface area (Å²) in [5.74, 6) is 2.44. The van der Waals surface area contributed by atoms with Crippen molar-refractivity contribution in [3.05, 3.63) is 42.2 Å². The molecule has 0 N–H and O–H groups in total. The van der Waals surface area contributed by atoms with E-state index in [1.54, 1.807) is 6.20 Å². The predicted octanol–water partition coefficient (Wildman–Crippen LogP) is 7.58. The number of ether oxygens (including phenoxy) is 2. The number of hydrogen-bond acceptors (Lipinski definition) is 4. The van der Waals surface area contributed by atoms with Crippen LogP contribution in [-0.2, 0) is 4.74 Å². The number of rotatable bonds is 13. The summed E-state index contributed by atoms with van der Waals surface area (Å²) >= 11 is 0. The van der Waals surface area contributed by atoms with Crippen molar-refractivity contribution in [2.24, 2.45) is 5.92 Å². The number of unbranched alkanes of at least 4 members (excludes halogenated alkanes) is 2. The van der Waals surface area contributed by atoms with Crippen LogP contribution in [0, 0.1) is 5.92 Å². The summed E-state index contributed by atoms with van der Waals surface area (Å²) < 4.78 is 11.9. The highest BCUT2D eigenvalue weighted by Crippen LogP contribution is 2.42. The fourth-order valence-corrected chi connectivity index (χ4v) is 5.03.